The van der Waals surface area contributed by atoms with E-state index in [0.717, 1.165) is 0 Å². The van der Waals surface area contributed by atoms with Crippen LogP contribution in [0.15, 0.2) is 0 Å². The quantitative estimate of drug-likeness (QED) is 0.460. The molecule has 0 radical (unpaired) electrons. The minimum absolute atomic E-state index is 0.230. The largest absolute Gasteiger partial charge is 0.370 e. The van der Waals surface area contributed by atoms with Crippen molar-refractivity contribution in [3.63, 3.8) is 0 Å². The van der Waals surface area contributed by atoms with E-state index in [-0.39, 0.29) is 5.75 Å². The van der Waals surface area contributed by atoms with Crippen LogP contribution in [0.3, 0.4) is 0 Å². The molecule has 6 nitrogen and oxygen atoms in total. The number of hydrogen-bond acceptors (Lipinski definition) is 5. The fourth-order valence-electron chi connectivity index (χ4n) is 1.37. The molecule has 1 rings (SSSR count). The van der Waals surface area contributed by atoms with E-state index in [1.165, 1.54) is 0 Å². The van der Waals surface area contributed by atoms with Crippen molar-refractivity contribution < 1.29 is 18.1 Å². The maximum Gasteiger partial charge on any atom is 0.253 e. The number of rotatable bonds is 3. The second-order valence-corrected chi connectivity index (χ2v) is 5.08. The fourth-order valence-corrected chi connectivity index (χ4v) is 3.18. The Labute approximate surface area is 76.0 Å². The van der Waals surface area contributed by atoms with Gasteiger partial charge < -0.3 is 4.74 Å². The number of sulfone groups is 1. The van der Waals surface area contributed by atoms with E-state index in [9.17, 15) is 18.5 Å². The minimum Gasteiger partial charge on any atom is -0.370 e. The predicted molar refractivity (Wildman–Crippen MR) is 44.9 cm³/mol. The first-order valence-corrected chi connectivity index (χ1v) is 5.74. The van der Waals surface area contributed by atoms with Gasteiger partial charge in [0.15, 0.2) is 9.84 Å². The van der Waals surface area contributed by atoms with Gasteiger partial charge in [0.2, 0.25) is 0 Å². The first-order chi connectivity index (χ1) is 5.96. The molecule has 0 saturated carbocycles. The average molecular weight is 209 g/mol. The molecule has 0 aromatic rings. The molecule has 0 spiro atoms. The molecule has 1 heterocycles. The van der Waals surface area contributed by atoms with Crippen LogP contribution in [0, 0.1) is 10.1 Å². The molecule has 0 N–H and O–H groups in total. The molecule has 0 bridgehead atoms. The van der Waals surface area contributed by atoms with Crippen LogP contribution in [0.25, 0.3) is 0 Å². The zero-order valence-electron chi connectivity index (χ0n) is 7.17. The van der Waals surface area contributed by atoms with Crippen LogP contribution in [0.5, 0.6) is 0 Å². The molecule has 13 heavy (non-hydrogen) atoms. The molecule has 7 heteroatoms. The molecule has 0 aromatic heterocycles. The van der Waals surface area contributed by atoms with Gasteiger partial charge in [0.1, 0.15) is 11.9 Å². The van der Waals surface area contributed by atoms with Crippen molar-refractivity contribution in [1.29, 1.82) is 0 Å². The van der Waals surface area contributed by atoms with Gasteiger partial charge in [0, 0.05) is 11.5 Å². The SMILES string of the molecule is CCO[C@H]1CS(=O)(=O)C[C@@H]1[N+](=O)[O-]. The van der Waals surface area contributed by atoms with Gasteiger partial charge >= 0.3 is 0 Å². The zero-order valence-corrected chi connectivity index (χ0v) is 7.99. The molecule has 1 saturated heterocycles. The van der Waals surface area contributed by atoms with Crippen molar-refractivity contribution in [3.8, 4) is 0 Å². The molecule has 1 fully saturated rings. The van der Waals surface area contributed by atoms with Crippen molar-refractivity contribution in [1.82, 2.24) is 0 Å². The Balaban J connectivity index is 2.77. The lowest BCUT2D eigenvalue weighted by Crippen LogP contribution is -2.34. The van der Waals surface area contributed by atoms with Crippen molar-refractivity contribution >= 4 is 9.84 Å². The van der Waals surface area contributed by atoms with Gasteiger partial charge in [-0.15, -0.1) is 0 Å². The van der Waals surface area contributed by atoms with E-state index in [0.29, 0.717) is 6.61 Å². The van der Waals surface area contributed by atoms with Crippen molar-refractivity contribution in [2.24, 2.45) is 0 Å². The summed E-state index contributed by atoms with van der Waals surface area (Å²) in [7, 11) is -3.28. The Hall–Kier alpha value is -0.690. The first kappa shape index (κ1) is 10.4. The Bertz CT molecular complexity index is 298. The smallest absolute Gasteiger partial charge is 0.253 e. The summed E-state index contributed by atoms with van der Waals surface area (Å²) >= 11 is 0. The number of ether oxygens (including phenoxy) is 1. The van der Waals surface area contributed by atoms with Gasteiger partial charge in [0.25, 0.3) is 6.04 Å². The highest BCUT2D eigenvalue weighted by atomic mass is 32.2. The van der Waals surface area contributed by atoms with Gasteiger partial charge in [0.05, 0.1) is 5.75 Å². The molecule has 0 aliphatic carbocycles. The Morgan fingerprint density at radius 3 is 2.62 bits per heavy atom. The van der Waals surface area contributed by atoms with Crippen molar-refractivity contribution in [2.45, 2.75) is 19.1 Å². The van der Waals surface area contributed by atoms with Crippen molar-refractivity contribution in [3.05, 3.63) is 10.1 Å². The van der Waals surface area contributed by atoms with E-state index >= 15 is 0 Å². The third kappa shape index (κ3) is 2.38. The van der Waals surface area contributed by atoms with Gasteiger partial charge in [-0.3, -0.25) is 10.1 Å². The summed E-state index contributed by atoms with van der Waals surface area (Å²) in [6.45, 7) is 1.98. The first-order valence-electron chi connectivity index (χ1n) is 3.92. The van der Waals surface area contributed by atoms with Gasteiger partial charge in [-0.2, -0.15) is 0 Å². The number of nitrogens with zero attached hydrogens (tertiary/aromatic N) is 1. The van der Waals surface area contributed by atoms with E-state index in [1.807, 2.05) is 0 Å². The van der Waals surface area contributed by atoms with Crippen molar-refractivity contribution in [2.75, 3.05) is 18.1 Å². The summed E-state index contributed by atoms with van der Waals surface area (Å²) in [5, 5.41) is 10.4. The highest BCUT2D eigenvalue weighted by Crippen LogP contribution is 2.18. The second-order valence-electron chi connectivity index (χ2n) is 2.92. The lowest BCUT2D eigenvalue weighted by Gasteiger charge is -2.10. The van der Waals surface area contributed by atoms with E-state index < -0.39 is 32.7 Å². The maximum absolute atomic E-state index is 11.0. The Kier molecular flexibility index (Phi) is 2.87. The van der Waals surface area contributed by atoms with Gasteiger partial charge in [-0.05, 0) is 6.92 Å². The average Bonchev–Trinajstić information content (AvgIpc) is 2.26. The summed E-state index contributed by atoms with van der Waals surface area (Å²) in [4.78, 5) is 9.86. The summed E-state index contributed by atoms with van der Waals surface area (Å²) in [5.74, 6) is -0.628. The van der Waals surface area contributed by atoms with Crippen LogP contribution in [0.1, 0.15) is 6.92 Å². The predicted octanol–water partition coefficient (Wildman–Crippen LogP) is -0.535. The third-order valence-corrected chi connectivity index (χ3v) is 3.61. The van der Waals surface area contributed by atoms with Crippen LogP contribution in [-0.2, 0) is 14.6 Å². The highest BCUT2D eigenvalue weighted by Gasteiger charge is 2.46. The van der Waals surface area contributed by atoms with Crippen LogP contribution in [0.4, 0.5) is 0 Å². The fraction of sp³-hybridized carbons (Fsp3) is 1.00. The lowest BCUT2D eigenvalue weighted by atomic mass is 10.2. The van der Waals surface area contributed by atoms with Crippen LogP contribution >= 0.6 is 0 Å². The van der Waals surface area contributed by atoms with Crippen LogP contribution in [0.2, 0.25) is 0 Å². The summed E-state index contributed by atoms with van der Waals surface area (Å²) in [6, 6.07) is -1.09. The monoisotopic (exact) mass is 209 g/mol. The molecule has 1 aliphatic rings. The highest BCUT2D eigenvalue weighted by molar-refractivity contribution is 7.91. The lowest BCUT2D eigenvalue weighted by molar-refractivity contribution is -0.526. The summed E-state index contributed by atoms with van der Waals surface area (Å²) in [5.41, 5.74) is 0. The molecular formula is C6H11NO5S. The Morgan fingerprint density at radius 2 is 2.15 bits per heavy atom. The van der Waals surface area contributed by atoms with E-state index in [2.05, 4.69) is 0 Å². The Morgan fingerprint density at radius 1 is 1.54 bits per heavy atom. The molecular weight excluding hydrogens is 198 g/mol. The van der Waals surface area contributed by atoms with Crippen LogP contribution in [-0.4, -0.2) is 43.6 Å². The minimum atomic E-state index is -3.28. The topological polar surface area (TPSA) is 86.5 Å². The number of hydrogen-bond donors (Lipinski definition) is 0. The third-order valence-electron chi connectivity index (χ3n) is 1.92. The normalized spacial score (nSPS) is 31.8. The van der Waals surface area contributed by atoms with E-state index in [1.54, 1.807) is 6.92 Å². The molecule has 1 aliphatic heterocycles. The maximum atomic E-state index is 11.0. The summed E-state index contributed by atoms with van der Waals surface area (Å²) in [6.07, 6.45) is -0.773. The van der Waals surface area contributed by atoms with E-state index in [4.69, 9.17) is 4.74 Å². The summed E-state index contributed by atoms with van der Waals surface area (Å²) < 4.78 is 27.1. The van der Waals surface area contributed by atoms with Gasteiger partial charge in [-0.1, -0.05) is 0 Å². The molecule has 0 aromatic carbocycles. The molecule has 76 valence electrons. The molecule has 2 atom stereocenters. The standard InChI is InChI=1S/C6H11NO5S/c1-2-12-6-4-13(10,11)3-5(6)7(8)9/h5-6H,2-4H2,1H3/t5-,6-/m0/s1. The number of nitro groups is 1. The zero-order chi connectivity index (χ0) is 10.1. The molecule has 0 amide bonds. The second kappa shape index (κ2) is 3.59. The van der Waals surface area contributed by atoms with Crippen LogP contribution < -0.4 is 0 Å². The molecule has 0 unspecified atom stereocenters. The van der Waals surface area contributed by atoms with Gasteiger partial charge in [-0.25, -0.2) is 8.42 Å².